The van der Waals surface area contributed by atoms with Gasteiger partial charge in [-0.15, -0.1) is 0 Å². The molecule has 0 unspecified atom stereocenters. The van der Waals surface area contributed by atoms with Gasteiger partial charge in [-0.25, -0.2) is 0 Å². The summed E-state index contributed by atoms with van der Waals surface area (Å²) in [5.74, 6) is 1.23. The Morgan fingerprint density at radius 2 is 2.28 bits per heavy atom. The van der Waals surface area contributed by atoms with Gasteiger partial charge in [0.15, 0.2) is 0 Å². The predicted octanol–water partition coefficient (Wildman–Crippen LogP) is 1.91. The van der Waals surface area contributed by atoms with Crippen LogP contribution >= 0.6 is 0 Å². The third-order valence-corrected chi connectivity index (χ3v) is 4.08. The SMILES string of the molecule is O=C1CCC[C@]2(CCCN(Cc3ccco3)C2)N1. The van der Waals surface area contributed by atoms with Crippen molar-refractivity contribution in [1.29, 1.82) is 0 Å². The quantitative estimate of drug-likeness (QED) is 0.869. The first-order valence-corrected chi connectivity index (χ1v) is 6.82. The summed E-state index contributed by atoms with van der Waals surface area (Å²) < 4.78 is 5.40. The van der Waals surface area contributed by atoms with E-state index < -0.39 is 0 Å². The Hall–Kier alpha value is -1.29. The fourth-order valence-electron chi connectivity index (χ4n) is 3.30. The summed E-state index contributed by atoms with van der Waals surface area (Å²) in [4.78, 5) is 14.0. The lowest BCUT2D eigenvalue weighted by molar-refractivity contribution is -0.126. The van der Waals surface area contributed by atoms with Crippen molar-refractivity contribution in [3.63, 3.8) is 0 Å². The van der Waals surface area contributed by atoms with E-state index in [-0.39, 0.29) is 11.4 Å². The van der Waals surface area contributed by atoms with Crippen LogP contribution in [0.3, 0.4) is 0 Å². The molecule has 0 radical (unpaired) electrons. The highest BCUT2D eigenvalue weighted by molar-refractivity contribution is 5.77. The van der Waals surface area contributed by atoms with Crippen LogP contribution in [0.2, 0.25) is 0 Å². The monoisotopic (exact) mass is 248 g/mol. The molecule has 1 spiro atoms. The minimum atomic E-state index is 0.0280. The van der Waals surface area contributed by atoms with Gasteiger partial charge in [-0.1, -0.05) is 0 Å². The van der Waals surface area contributed by atoms with Crippen molar-refractivity contribution >= 4 is 5.91 Å². The Morgan fingerprint density at radius 3 is 3.06 bits per heavy atom. The van der Waals surface area contributed by atoms with Gasteiger partial charge in [0.2, 0.25) is 5.91 Å². The molecule has 1 amide bonds. The van der Waals surface area contributed by atoms with E-state index in [4.69, 9.17) is 4.42 Å². The van der Waals surface area contributed by atoms with Gasteiger partial charge >= 0.3 is 0 Å². The summed E-state index contributed by atoms with van der Waals surface area (Å²) in [6.07, 6.45) is 6.83. The van der Waals surface area contributed by atoms with Gasteiger partial charge in [-0.2, -0.15) is 0 Å². The molecule has 3 rings (SSSR count). The maximum absolute atomic E-state index is 11.6. The molecular weight excluding hydrogens is 228 g/mol. The molecule has 0 bridgehead atoms. The van der Waals surface area contributed by atoms with E-state index in [2.05, 4.69) is 10.2 Å². The summed E-state index contributed by atoms with van der Waals surface area (Å²) >= 11 is 0. The molecule has 1 N–H and O–H groups in total. The minimum Gasteiger partial charge on any atom is -0.468 e. The van der Waals surface area contributed by atoms with Crippen LogP contribution in [-0.2, 0) is 11.3 Å². The van der Waals surface area contributed by atoms with E-state index in [9.17, 15) is 4.79 Å². The van der Waals surface area contributed by atoms with Crippen LogP contribution in [0.15, 0.2) is 22.8 Å². The number of carbonyl (C=O) groups excluding carboxylic acids is 1. The molecule has 0 aliphatic carbocycles. The van der Waals surface area contributed by atoms with Crippen molar-refractivity contribution in [3.8, 4) is 0 Å². The van der Waals surface area contributed by atoms with Gasteiger partial charge in [0.1, 0.15) is 5.76 Å². The molecular formula is C14H20N2O2. The van der Waals surface area contributed by atoms with Gasteiger partial charge in [0, 0.05) is 13.0 Å². The second-order valence-corrected chi connectivity index (χ2v) is 5.58. The Kier molecular flexibility index (Phi) is 3.12. The van der Waals surface area contributed by atoms with Crippen LogP contribution in [0, 0.1) is 0 Å². The average molecular weight is 248 g/mol. The third-order valence-electron chi connectivity index (χ3n) is 4.08. The van der Waals surface area contributed by atoms with Crippen molar-refractivity contribution in [2.45, 2.75) is 44.2 Å². The molecule has 2 fully saturated rings. The average Bonchev–Trinajstić information content (AvgIpc) is 2.81. The Labute approximate surface area is 107 Å². The van der Waals surface area contributed by atoms with Crippen molar-refractivity contribution < 1.29 is 9.21 Å². The number of amides is 1. The fourth-order valence-corrected chi connectivity index (χ4v) is 3.30. The van der Waals surface area contributed by atoms with Crippen molar-refractivity contribution in [1.82, 2.24) is 10.2 Å². The Bertz CT molecular complexity index is 411. The first-order valence-electron chi connectivity index (χ1n) is 6.82. The van der Waals surface area contributed by atoms with Gasteiger partial charge in [-0.3, -0.25) is 9.69 Å². The molecule has 0 saturated carbocycles. The molecule has 2 aliphatic heterocycles. The summed E-state index contributed by atoms with van der Waals surface area (Å²) in [5.41, 5.74) is 0.0280. The van der Waals surface area contributed by atoms with Gasteiger partial charge in [-0.05, 0) is 44.4 Å². The van der Waals surface area contributed by atoms with Gasteiger partial charge in [0.25, 0.3) is 0 Å². The largest absolute Gasteiger partial charge is 0.468 e. The Morgan fingerprint density at radius 1 is 1.39 bits per heavy atom. The number of rotatable bonds is 2. The normalized spacial score (nSPS) is 29.4. The zero-order valence-electron chi connectivity index (χ0n) is 10.7. The van der Waals surface area contributed by atoms with E-state index in [0.717, 1.165) is 51.1 Å². The van der Waals surface area contributed by atoms with Crippen LogP contribution < -0.4 is 5.32 Å². The first-order chi connectivity index (χ1) is 8.76. The maximum atomic E-state index is 11.6. The molecule has 18 heavy (non-hydrogen) atoms. The van der Waals surface area contributed by atoms with E-state index in [1.807, 2.05) is 12.1 Å². The number of carbonyl (C=O) groups is 1. The lowest BCUT2D eigenvalue weighted by Gasteiger charge is -2.45. The van der Waals surface area contributed by atoms with Gasteiger partial charge < -0.3 is 9.73 Å². The second kappa shape index (κ2) is 4.76. The fraction of sp³-hybridized carbons (Fsp3) is 0.643. The van der Waals surface area contributed by atoms with Gasteiger partial charge in [0.05, 0.1) is 18.3 Å². The highest BCUT2D eigenvalue weighted by Crippen LogP contribution is 2.30. The highest BCUT2D eigenvalue weighted by atomic mass is 16.3. The van der Waals surface area contributed by atoms with E-state index in [1.165, 1.54) is 0 Å². The Balaban J connectivity index is 1.66. The molecule has 1 aromatic rings. The number of furan rings is 1. The van der Waals surface area contributed by atoms with Crippen LogP contribution in [-0.4, -0.2) is 29.4 Å². The third kappa shape index (κ3) is 2.43. The number of hydrogen-bond acceptors (Lipinski definition) is 3. The second-order valence-electron chi connectivity index (χ2n) is 5.58. The summed E-state index contributed by atoms with van der Waals surface area (Å²) in [5, 5.41) is 3.23. The maximum Gasteiger partial charge on any atom is 0.220 e. The highest BCUT2D eigenvalue weighted by Gasteiger charge is 2.38. The number of nitrogens with zero attached hydrogens (tertiary/aromatic N) is 1. The molecule has 4 heteroatoms. The van der Waals surface area contributed by atoms with Crippen LogP contribution in [0.4, 0.5) is 0 Å². The summed E-state index contributed by atoms with van der Waals surface area (Å²) in [6.45, 7) is 2.91. The van der Waals surface area contributed by atoms with Crippen molar-refractivity contribution in [2.75, 3.05) is 13.1 Å². The number of nitrogens with one attached hydrogen (secondary N) is 1. The zero-order chi connectivity index (χ0) is 12.4. The number of likely N-dealkylation sites (tertiary alicyclic amines) is 1. The van der Waals surface area contributed by atoms with Crippen LogP contribution in [0.25, 0.3) is 0 Å². The topological polar surface area (TPSA) is 45.5 Å². The molecule has 3 heterocycles. The van der Waals surface area contributed by atoms with E-state index >= 15 is 0 Å². The lowest BCUT2D eigenvalue weighted by Crippen LogP contribution is -2.60. The smallest absolute Gasteiger partial charge is 0.220 e. The van der Waals surface area contributed by atoms with E-state index in [1.54, 1.807) is 6.26 Å². The molecule has 4 nitrogen and oxygen atoms in total. The van der Waals surface area contributed by atoms with Crippen molar-refractivity contribution in [2.24, 2.45) is 0 Å². The van der Waals surface area contributed by atoms with Crippen LogP contribution in [0.5, 0.6) is 0 Å². The molecule has 0 aromatic carbocycles. The number of piperidine rings is 2. The standard InChI is InChI=1S/C14H20N2O2/c17-13-5-1-6-14(15-13)7-3-8-16(11-14)10-12-4-2-9-18-12/h2,4,9H,1,3,5-8,10-11H2,(H,15,17)/t14-/m1/s1. The molecule has 2 saturated heterocycles. The number of hydrogen-bond donors (Lipinski definition) is 1. The zero-order valence-corrected chi connectivity index (χ0v) is 10.7. The molecule has 98 valence electrons. The molecule has 1 aromatic heterocycles. The summed E-state index contributed by atoms with van der Waals surface area (Å²) in [7, 11) is 0. The minimum absolute atomic E-state index is 0.0280. The molecule has 1 atom stereocenters. The van der Waals surface area contributed by atoms with Crippen LogP contribution in [0.1, 0.15) is 37.9 Å². The first kappa shape index (κ1) is 11.8. The van der Waals surface area contributed by atoms with E-state index in [0.29, 0.717) is 6.42 Å². The predicted molar refractivity (Wildman–Crippen MR) is 67.9 cm³/mol. The lowest BCUT2D eigenvalue weighted by atomic mass is 9.81. The van der Waals surface area contributed by atoms with Crippen molar-refractivity contribution in [3.05, 3.63) is 24.2 Å². The summed E-state index contributed by atoms with van der Waals surface area (Å²) in [6, 6.07) is 3.94. The molecule has 2 aliphatic rings.